The molecule has 0 aliphatic heterocycles. The smallest absolute Gasteiger partial charge is 0.0340 e. The molecule has 0 spiro atoms. The Morgan fingerprint density at radius 3 is 2.67 bits per heavy atom. The Bertz CT molecular complexity index is 505. The molecule has 2 aliphatic rings. The number of rotatable bonds is 1. The van der Waals surface area contributed by atoms with Gasteiger partial charge in [-0.15, -0.1) is 12.4 Å². The van der Waals surface area contributed by atoms with Crippen LogP contribution in [0.3, 0.4) is 0 Å². The number of aryl methyl sites for hydroxylation is 1. The average molecular weight is 223 g/mol. The lowest BCUT2D eigenvalue weighted by Gasteiger charge is -2.13. The summed E-state index contributed by atoms with van der Waals surface area (Å²) >= 11 is 0. The van der Waals surface area contributed by atoms with E-state index < -0.39 is 0 Å². The zero-order chi connectivity index (χ0) is 9.54. The van der Waals surface area contributed by atoms with Crippen LogP contribution in [0.5, 0.6) is 0 Å². The molecule has 2 nitrogen and oxygen atoms in total. The van der Waals surface area contributed by atoms with Crippen molar-refractivity contribution in [1.29, 1.82) is 0 Å². The van der Waals surface area contributed by atoms with E-state index in [9.17, 15) is 0 Å². The predicted molar refractivity (Wildman–Crippen MR) is 64.6 cm³/mol. The fourth-order valence-electron chi connectivity index (χ4n) is 2.70. The number of hydrogen-bond donors (Lipinski definition) is 2. The van der Waals surface area contributed by atoms with Gasteiger partial charge >= 0.3 is 0 Å². The van der Waals surface area contributed by atoms with E-state index in [1.165, 1.54) is 41.0 Å². The van der Waals surface area contributed by atoms with Crippen molar-refractivity contribution in [3.63, 3.8) is 0 Å². The minimum atomic E-state index is 0. The maximum atomic E-state index is 5.54. The van der Waals surface area contributed by atoms with Crippen molar-refractivity contribution < 1.29 is 0 Å². The van der Waals surface area contributed by atoms with Crippen LogP contribution in [0.1, 0.15) is 24.8 Å². The normalized spacial score (nSPS) is 17.1. The summed E-state index contributed by atoms with van der Waals surface area (Å²) in [7, 11) is 0. The monoisotopic (exact) mass is 222 g/mol. The van der Waals surface area contributed by atoms with Gasteiger partial charge in [-0.3, -0.25) is 5.84 Å². The zero-order valence-electron chi connectivity index (χ0n) is 8.55. The van der Waals surface area contributed by atoms with Crippen LogP contribution in [0.25, 0.3) is 11.3 Å². The first kappa shape index (κ1) is 10.5. The van der Waals surface area contributed by atoms with E-state index in [4.69, 9.17) is 5.84 Å². The van der Waals surface area contributed by atoms with E-state index in [0.29, 0.717) is 0 Å². The van der Waals surface area contributed by atoms with E-state index >= 15 is 0 Å². The van der Waals surface area contributed by atoms with Gasteiger partial charge in [-0.1, -0.05) is 23.8 Å². The van der Waals surface area contributed by atoms with E-state index in [0.717, 1.165) is 6.42 Å². The molecule has 0 unspecified atom stereocenters. The summed E-state index contributed by atoms with van der Waals surface area (Å²) in [6, 6.07) is 6.56. The van der Waals surface area contributed by atoms with E-state index in [-0.39, 0.29) is 12.4 Å². The number of halogens is 1. The van der Waals surface area contributed by atoms with Crippen LogP contribution in [-0.2, 0) is 6.42 Å². The van der Waals surface area contributed by atoms with Gasteiger partial charge in [0.15, 0.2) is 0 Å². The molecule has 0 saturated carbocycles. The molecule has 3 heteroatoms. The van der Waals surface area contributed by atoms with Crippen molar-refractivity contribution in [2.24, 2.45) is 5.84 Å². The van der Waals surface area contributed by atoms with Crippen molar-refractivity contribution in [1.82, 2.24) is 5.43 Å². The van der Waals surface area contributed by atoms with Gasteiger partial charge in [-0.05, 0) is 36.5 Å². The number of hydrazine groups is 1. The van der Waals surface area contributed by atoms with E-state index in [1.807, 2.05) is 0 Å². The Balaban J connectivity index is 0.000000853. The van der Waals surface area contributed by atoms with Crippen molar-refractivity contribution in [3.8, 4) is 0 Å². The molecule has 0 fully saturated rings. The Morgan fingerprint density at radius 1 is 1.07 bits per heavy atom. The summed E-state index contributed by atoms with van der Waals surface area (Å²) in [5.74, 6) is 5.54. The highest BCUT2D eigenvalue weighted by Crippen LogP contribution is 2.22. The first-order chi connectivity index (χ1) is 6.90. The predicted octanol–water partition coefficient (Wildman–Crippen LogP) is 0.571. The highest BCUT2D eigenvalue weighted by atomic mass is 35.5. The molecule has 0 bridgehead atoms. The molecule has 3 N–H and O–H groups in total. The van der Waals surface area contributed by atoms with Crippen molar-refractivity contribution >= 4 is 23.7 Å². The largest absolute Gasteiger partial charge is 0.328 e. The zero-order valence-corrected chi connectivity index (χ0v) is 9.36. The van der Waals surface area contributed by atoms with Crippen molar-refractivity contribution in [2.45, 2.75) is 25.7 Å². The quantitative estimate of drug-likeness (QED) is 0.539. The third-order valence-corrected chi connectivity index (χ3v) is 3.38. The molecule has 3 rings (SSSR count). The van der Waals surface area contributed by atoms with Crippen LogP contribution >= 0.6 is 12.4 Å². The van der Waals surface area contributed by atoms with Crippen molar-refractivity contribution in [2.75, 3.05) is 0 Å². The van der Waals surface area contributed by atoms with Crippen LogP contribution in [0.2, 0.25) is 0 Å². The summed E-state index contributed by atoms with van der Waals surface area (Å²) in [5.41, 5.74) is 7.18. The molecule has 0 aromatic heterocycles. The summed E-state index contributed by atoms with van der Waals surface area (Å²) in [6.45, 7) is 0. The van der Waals surface area contributed by atoms with Gasteiger partial charge < -0.3 is 5.43 Å². The lowest BCUT2D eigenvalue weighted by Crippen LogP contribution is -2.38. The molecule has 0 heterocycles. The fraction of sp³-hybridized carbons (Fsp3) is 0.333. The number of benzene rings is 1. The SMILES string of the molecule is Cl.NNC1=c2cccc3c2=C(CC1)CC3. The number of hydrogen-bond acceptors (Lipinski definition) is 2. The third-order valence-electron chi connectivity index (χ3n) is 3.38. The van der Waals surface area contributed by atoms with Crippen LogP contribution < -0.4 is 21.7 Å². The minimum Gasteiger partial charge on any atom is -0.328 e. The van der Waals surface area contributed by atoms with Gasteiger partial charge in [-0.25, -0.2) is 0 Å². The molecule has 1 aromatic rings. The molecule has 2 aliphatic carbocycles. The second kappa shape index (κ2) is 3.87. The van der Waals surface area contributed by atoms with Gasteiger partial charge in [0.1, 0.15) is 0 Å². The first-order valence-electron chi connectivity index (χ1n) is 5.20. The molecule has 0 radical (unpaired) electrons. The lowest BCUT2D eigenvalue weighted by molar-refractivity contribution is 0.874. The summed E-state index contributed by atoms with van der Waals surface area (Å²) < 4.78 is 0. The standard InChI is InChI=1S/C12H14N2.ClH/c13-14-11-7-6-9-5-4-8-2-1-3-10(11)12(8)9;/h1-3,14H,4-7,13H2;1H. The third kappa shape index (κ3) is 1.45. The first-order valence-corrected chi connectivity index (χ1v) is 5.20. The Labute approximate surface area is 95.2 Å². The Hall–Kier alpha value is -0.990. The van der Waals surface area contributed by atoms with E-state index in [2.05, 4.69) is 23.6 Å². The second-order valence-electron chi connectivity index (χ2n) is 4.07. The summed E-state index contributed by atoms with van der Waals surface area (Å²) in [4.78, 5) is 0. The molecule has 15 heavy (non-hydrogen) atoms. The van der Waals surface area contributed by atoms with Crippen LogP contribution in [0.4, 0.5) is 0 Å². The van der Waals surface area contributed by atoms with E-state index in [1.54, 1.807) is 5.57 Å². The highest BCUT2D eigenvalue weighted by Gasteiger charge is 2.17. The molecule has 80 valence electrons. The Kier molecular flexibility index (Phi) is 2.72. The molecular formula is C12H15ClN2. The maximum Gasteiger partial charge on any atom is 0.0340 e. The average Bonchev–Trinajstić information content (AvgIpc) is 2.65. The van der Waals surface area contributed by atoms with Gasteiger partial charge in [0.2, 0.25) is 0 Å². The van der Waals surface area contributed by atoms with Crippen LogP contribution in [-0.4, -0.2) is 0 Å². The molecule has 1 aromatic carbocycles. The van der Waals surface area contributed by atoms with Gasteiger partial charge in [0, 0.05) is 10.9 Å². The summed E-state index contributed by atoms with van der Waals surface area (Å²) in [5, 5.41) is 2.83. The lowest BCUT2D eigenvalue weighted by atomic mass is 9.99. The van der Waals surface area contributed by atoms with Crippen LogP contribution in [0, 0.1) is 0 Å². The highest BCUT2D eigenvalue weighted by molar-refractivity contribution is 5.85. The van der Waals surface area contributed by atoms with Crippen molar-refractivity contribution in [3.05, 3.63) is 34.2 Å². The van der Waals surface area contributed by atoms with Gasteiger partial charge in [-0.2, -0.15) is 0 Å². The Morgan fingerprint density at radius 2 is 1.87 bits per heavy atom. The maximum absolute atomic E-state index is 5.54. The van der Waals surface area contributed by atoms with Gasteiger partial charge in [0.25, 0.3) is 0 Å². The molecule has 0 atom stereocenters. The van der Waals surface area contributed by atoms with Gasteiger partial charge in [0.05, 0.1) is 0 Å². The second-order valence-corrected chi connectivity index (χ2v) is 4.07. The minimum absolute atomic E-state index is 0. The fourth-order valence-corrected chi connectivity index (χ4v) is 2.70. The topological polar surface area (TPSA) is 38.0 Å². The molecular weight excluding hydrogens is 208 g/mol. The molecule has 0 saturated heterocycles. The molecule has 0 amide bonds. The van der Waals surface area contributed by atoms with Crippen LogP contribution in [0.15, 0.2) is 18.2 Å². The number of nitrogens with two attached hydrogens (primary N) is 1. The summed E-state index contributed by atoms with van der Waals surface area (Å²) in [6.07, 6.45) is 4.73. The number of nitrogens with one attached hydrogen (secondary N) is 1.